The van der Waals surface area contributed by atoms with Crippen LogP contribution in [0.4, 0.5) is 0 Å². The van der Waals surface area contributed by atoms with Gasteiger partial charge in [0.25, 0.3) is 5.91 Å². The van der Waals surface area contributed by atoms with Crippen LogP contribution in [-0.4, -0.2) is 17.8 Å². The number of halogens is 1. The van der Waals surface area contributed by atoms with Gasteiger partial charge >= 0.3 is 0 Å². The highest BCUT2D eigenvalue weighted by Gasteiger charge is 2.13. The molecule has 1 rings (SSSR count). The van der Waals surface area contributed by atoms with Gasteiger partial charge in [0.2, 0.25) is 0 Å². The van der Waals surface area contributed by atoms with Crippen LogP contribution >= 0.6 is 11.6 Å². The maximum atomic E-state index is 11.6. The van der Waals surface area contributed by atoms with Gasteiger partial charge in [-0.15, -0.1) is 11.6 Å². The third-order valence-electron chi connectivity index (χ3n) is 2.02. The number of furan rings is 1. The second-order valence-corrected chi connectivity index (χ2v) is 3.62. The van der Waals surface area contributed by atoms with Crippen molar-refractivity contribution in [3.8, 4) is 0 Å². The van der Waals surface area contributed by atoms with Crippen LogP contribution in [-0.2, 0) is 0 Å². The van der Waals surface area contributed by atoms with Crippen molar-refractivity contribution >= 4 is 17.5 Å². The lowest BCUT2D eigenvalue weighted by Crippen LogP contribution is -2.32. The second-order valence-electron chi connectivity index (χ2n) is 3.24. The van der Waals surface area contributed by atoms with E-state index in [4.69, 9.17) is 16.0 Å². The Bertz CT molecular complexity index is 309. The van der Waals surface area contributed by atoms with E-state index in [-0.39, 0.29) is 11.9 Å². The number of carbonyl (C=O) groups is 1. The molecule has 1 heterocycles. The number of alkyl halides is 1. The minimum Gasteiger partial charge on any atom is -0.469 e. The van der Waals surface area contributed by atoms with Crippen molar-refractivity contribution in [2.24, 2.45) is 0 Å². The van der Waals surface area contributed by atoms with Crippen molar-refractivity contribution in [1.82, 2.24) is 5.32 Å². The predicted octanol–water partition coefficient (Wildman–Crippen LogP) is 2.34. The second kappa shape index (κ2) is 5.05. The molecule has 1 unspecified atom stereocenters. The maximum Gasteiger partial charge on any atom is 0.255 e. The average molecular weight is 216 g/mol. The van der Waals surface area contributed by atoms with Crippen molar-refractivity contribution < 1.29 is 9.21 Å². The van der Waals surface area contributed by atoms with Crippen LogP contribution in [0.25, 0.3) is 0 Å². The first-order valence-corrected chi connectivity index (χ1v) is 5.09. The summed E-state index contributed by atoms with van der Waals surface area (Å²) in [4.78, 5) is 11.6. The number of aryl methyl sites for hydroxylation is 1. The van der Waals surface area contributed by atoms with Crippen LogP contribution in [0.5, 0.6) is 0 Å². The van der Waals surface area contributed by atoms with Crippen molar-refractivity contribution in [2.45, 2.75) is 26.3 Å². The molecule has 0 bridgehead atoms. The normalized spacial score (nSPS) is 12.5. The van der Waals surface area contributed by atoms with Crippen LogP contribution in [0.1, 0.15) is 29.5 Å². The molecule has 3 nitrogen and oxygen atoms in total. The number of hydrogen-bond donors (Lipinski definition) is 1. The summed E-state index contributed by atoms with van der Waals surface area (Å²) in [5.74, 6) is 1.08. The van der Waals surface area contributed by atoms with Gasteiger partial charge in [-0.05, 0) is 26.3 Å². The number of hydrogen-bond acceptors (Lipinski definition) is 2. The predicted molar refractivity (Wildman–Crippen MR) is 55.7 cm³/mol. The van der Waals surface area contributed by atoms with Gasteiger partial charge in [-0.25, -0.2) is 0 Å². The van der Waals surface area contributed by atoms with E-state index in [0.717, 1.165) is 6.42 Å². The Morgan fingerprint density at radius 2 is 2.43 bits per heavy atom. The molecule has 0 fully saturated rings. The van der Waals surface area contributed by atoms with Crippen LogP contribution in [0.3, 0.4) is 0 Å². The summed E-state index contributed by atoms with van der Waals surface area (Å²) in [6.07, 6.45) is 2.28. The minimum absolute atomic E-state index is 0.0919. The molecule has 0 spiro atoms. The molecule has 1 atom stereocenters. The van der Waals surface area contributed by atoms with Gasteiger partial charge in [0.05, 0.1) is 11.8 Å². The van der Waals surface area contributed by atoms with Gasteiger partial charge in [-0.3, -0.25) is 4.79 Å². The lowest BCUT2D eigenvalue weighted by molar-refractivity contribution is 0.0938. The lowest BCUT2D eigenvalue weighted by atomic mass is 10.2. The van der Waals surface area contributed by atoms with Crippen molar-refractivity contribution in [1.29, 1.82) is 0 Å². The molecule has 1 aromatic rings. The summed E-state index contributed by atoms with van der Waals surface area (Å²) >= 11 is 5.57. The zero-order valence-corrected chi connectivity index (χ0v) is 9.10. The first-order chi connectivity index (χ1) is 6.65. The Labute approximate surface area is 88.4 Å². The monoisotopic (exact) mass is 215 g/mol. The Morgan fingerprint density at radius 3 is 2.93 bits per heavy atom. The molecule has 4 heteroatoms. The summed E-state index contributed by atoms with van der Waals surface area (Å²) in [6.45, 7) is 3.69. The van der Waals surface area contributed by atoms with Crippen LogP contribution < -0.4 is 5.32 Å². The molecule has 1 aromatic heterocycles. The molecule has 0 aromatic carbocycles. The molecular formula is C10H14ClNO2. The number of amides is 1. The van der Waals surface area contributed by atoms with Crippen molar-refractivity contribution in [3.05, 3.63) is 23.7 Å². The molecule has 0 aliphatic carbocycles. The summed E-state index contributed by atoms with van der Waals surface area (Å²) in [5, 5.41) is 2.84. The topological polar surface area (TPSA) is 42.2 Å². The maximum absolute atomic E-state index is 11.6. The average Bonchev–Trinajstić information content (AvgIpc) is 2.51. The van der Waals surface area contributed by atoms with E-state index in [2.05, 4.69) is 5.32 Å². The van der Waals surface area contributed by atoms with Crippen LogP contribution in [0.2, 0.25) is 0 Å². The molecule has 0 saturated heterocycles. The summed E-state index contributed by atoms with van der Waals surface area (Å²) in [5.41, 5.74) is 0.589. The number of rotatable bonds is 4. The van der Waals surface area contributed by atoms with E-state index in [0.29, 0.717) is 17.2 Å². The van der Waals surface area contributed by atoms with Gasteiger partial charge in [0.15, 0.2) is 0 Å². The standard InChI is InChI=1S/C10H14ClNO2/c1-7(3-5-11)12-10(13)9-4-6-14-8(9)2/h4,6-7H,3,5H2,1-2H3,(H,12,13). The largest absolute Gasteiger partial charge is 0.469 e. The summed E-state index contributed by atoms with van der Waals surface area (Å²) in [6, 6.07) is 1.76. The van der Waals surface area contributed by atoms with Gasteiger partial charge in [0.1, 0.15) is 5.76 Å². The highest BCUT2D eigenvalue weighted by molar-refractivity contribution is 6.17. The molecule has 0 saturated carbocycles. The third-order valence-corrected chi connectivity index (χ3v) is 2.24. The highest BCUT2D eigenvalue weighted by Crippen LogP contribution is 2.08. The smallest absolute Gasteiger partial charge is 0.255 e. The summed E-state index contributed by atoms with van der Waals surface area (Å²) < 4.78 is 5.04. The van der Waals surface area contributed by atoms with Gasteiger partial charge in [-0.2, -0.15) is 0 Å². The Balaban J connectivity index is 2.55. The molecule has 14 heavy (non-hydrogen) atoms. The van der Waals surface area contributed by atoms with Crippen molar-refractivity contribution in [3.63, 3.8) is 0 Å². The molecule has 1 N–H and O–H groups in total. The number of nitrogens with one attached hydrogen (secondary N) is 1. The fourth-order valence-corrected chi connectivity index (χ4v) is 1.49. The van der Waals surface area contributed by atoms with Gasteiger partial charge in [-0.1, -0.05) is 0 Å². The molecule has 0 radical (unpaired) electrons. The zero-order chi connectivity index (χ0) is 10.6. The molecule has 0 aliphatic heterocycles. The fraction of sp³-hybridized carbons (Fsp3) is 0.500. The zero-order valence-electron chi connectivity index (χ0n) is 8.34. The Morgan fingerprint density at radius 1 is 1.71 bits per heavy atom. The lowest BCUT2D eigenvalue weighted by Gasteiger charge is -2.11. The highest BCUT2D eigenvalue weighted by atomic mass is 35.5. The Hall–Kier alpha value is -0.960. The van der Waals surface area contributed by atoms with E-state index >= 15 is 0 Å². The number of carbonyl (C=O) groups excluding carboxylic acids is 1. The van der Waals surface area contributed by atoms with Crippen LogP contribution in [0.15, 0.2) is 16.7 Å². The first kappa shape index (κ1) is 11.1. The van der Waals surface area contributed by atoms with Gasteiger partial charge < -0.3 is 9.73 Å². The summed E-state index contributed by atoms with van der Waals surface area (Å²) in [7, 11) is 0. The third kappa shape index (κ3) is 2.77. The van der Waals surface area contributed by atoms with E-state index in [9.17, 15) is 4.79 Å². The molecule has 78 valence electrons. The van der Waals surface area contributed by atoms with E-state index in [1.165, 1.54) is 6.26 Å². The van der Waals surface area contributed by atoms with Crippen LogP contribution in [0, 0.1) is 6.92 Å². The van der Waals surface area contributed by atoms with Crippen molar-refractivity contribution in [2.75, 3.05) is 5.88 Å². The quantitative estimate of drug-likeness (QED) is 0.784. The van der Waals surface area contributed by atoms with Gasteiger partial charge in [0, 0.05) is 11.9 Å². The fourth-order valence-electron chi connectivity index (χ4n) is 1.16. The van der Waals surface area contributed by atoms with E-state index < -0.39 is 0 Å². The van der Waals surface area contributed by atoms with E-state index in [1.807, 2.05) is 6.92 Å². The molecule has 0 aliphatic rings. The minimum atomic E-state index is -0.103. The van der Waals surface area contributed by atoms with E-state index in [1.54, 1.807) is 13.0 Å². The Kier molecular flexibility index (Phi) is 4.01. The SMILES string of the molecule is Cc1occc1C(=O)NC(C)CCCl. The molecule has 1 amide bonds. The first-order valence-electron chi connectivity index (χ1n) is 4.56. The molecular weight excluding hydrogens is 202 g/mol.